The predicted octanol–water partition coefficient (Wildman–Crippen LogP) is 2.58. The van der Waals surface area contributed by atoms with Gasteiger partial charge in [0.15, 0.2) is 5.82 Å². The van der Waals surface area contributed by atoms with E-state index in [-0.39, 0.29) is 5.91 Å². The number of carbonyl (C=O) groups excluding carboxylic acids is 1. The van der Waals surface area contributed by atoms with Gasteiger partial charge in [-0.1, -0.05) is 6.07 Å². The van der Waals surface area contributed by atoms with Crippen LogP contribution in [0.15, 0.2) is 18.2 Å². The molecule has 2 aliphatic rings. The van der Waals surface area contributed by atoms with Crippen molar-refractivity contribution in [2.24, 2.45) is 0 Å². The zero-order chi connectivity index (χ0) is 15.8. The zero-order valence-electron chi connectivity index (χ0n) is 13.6. The van der Waals surface area contributed by atoms with Gasteiger partial charge in [-0.05, 0) is 62.3 Å². The minimum atomic E-state index is 0.234. The number of aromatic nitrogens is 3. The molecule has 1 aliphatic heterocycles. The van der Waals surface area contributed by atoms with Crippen LogP contribution in [0.25, 0.3) is 5.69 Å². The van der Waals surface area contributed by atoms with Crippen LogP contribution in [0, 0.1) is 6.92 Å². The van der Waals surface area contributed by atoms with Gasteiger partial charge >= 0.3 is 0 Å². The van der Waals surface area contributed by atoms with Crippen molar-refractivity contribution in [1.82, 2.24) is 19.7 Å². The summed E-state index contributed by atoms with van der Waals surface area (Å²) in [7, 11) is 0. The second-order valence-corrected chi connectivity index (χ2v) is 6.57. The number of piperidine rings is 1. The third kappa shape index (κ3) is 2.76. The lowest BCUT2D eigenvalue weighted by Crippen LogP contribution is -2.35. The van der Waals surface area contributed by atoms with Crippen molar-refractivity contribution in [3.8, 4) is 5.69 Å². The summed E-state index contributed by atoms with van der Waals surface area (Å²) in [5.41, 5.74) is 3.94. The van der Waals surface area contributed by atoms with Crippen LogP contribution in [0.2, 0.25) is 0 Å². The molecule has 0 atom stereocenters. The van der Waals surface area contributed by atoms with E-state index in [1.807, 2.05) is 16.5 Å². The van der Waals surface area contributed by atoms with Crippen molar-refractivity contribution >= 4 is 5.91 Å². The Morgan fingerprint density at radius 2 is 1.96 bits per heavy atom. The summed E-state index contributed by atoms with van der Waals surface area (Å²) in [6, 6.07) is 6.57. The van der Waals surface area contributed by atoms with E-state index < -0.39 is 0 Å². The van der Waals surface area contributed by atoms with E-state index in [0.717, 1.165) is 43.1 Å². The normalized spacial score (nSPS) is 17.6. The first kappa shape index (κ1) is 14.4. The highest BCUT2D eigenvalue weighted by Crippen LogP contribution is 2.25. The molecule has 5 heteroatoms. The highest BCUT2D eigenvalue weighted by molar-refractivity contribution is 5.76. The van der Waals surface area contributed by atoms with Crippen LogP contribution in [-0.4, -0.2) is 32.1 Å². The maximum Gasteiger partial charge on any atom is 0.222 e. The van der Waals surface area contributed by atoms with Gasteiger partial charge in [-0.3, -0.25) is 4.79 Å². The van der Waals surface area contributed by atoms with Crippen molar-refractivity contribution in [1.29, 1.82) is 0 Å². The summed E-state index contributed by atoms with van der Waals surface area (Å²) in [6.07, 6.45) is 6.32. The van der Waals surface area contributed by atoms with E-state index >= 15 is 0 Å². The van der Waals surface area contributed by atoms with Crippen LogP contribution in [-0.2, 0) is 24.2 Å². The molecule has 0 N–H and O–H groups in total. The number of likely N-dealkylation sites (tertiary alicyclic amines) is 1. The first-order valence-electron chi connectivity index (χ1n) is 8.53. The Kier molecular flexibility index (Phi) is 3.63. The molecule has 0 radical (unpaired) electrons. The minimum Gasteiger partial charge on any atom is -0.335 e. The third-order valence-electron chi connectivity index (χ3n) is 4.86. The number of carbonyl (C=O) groups is 1. The second kappa shape index (κ2) is 5.80. The number of hydrogen-bond donors (Lipinski definition) is 0. The van der Waals surface area contributed by atoms with Gasteiger partial charge in [-0.15, -0.1) is 0 Å². The molecule has 1 aromatic heterocycles. The van der Waals surface area contributed by atoms with E-state index in [0.29, 0.717) is 13.0 Å². The van der Waals surface area contributed by atoms with Gasteiger partial charge in [0.2, 0.25) is 5.91 Å². The minimum absolute atomic E-state index is 0.234. The largest absolute Gasteiger partial charge is 0.335 e. The summed E-state index contributed by atoms with van der Waals surface area (Å²) >= 11 is 0. The van der Waals surface area contributed by atoms with Gasteiger partial charge in [0.25, 0.3) is 0 Å². The molecule has 0 bridgehead atoms. The Bertz CT molecular complexity index is 749. The molecule has 1 amide bonds. The first-order valence-corrected chi connectivity index (χ1v) is 8.53. The van der Waals surface area contributed by atoms with Gasteiger partial charge in [0.1, 0.15) is 5.82 Å². The monoisotopic (exact) mass is 310 g/mol. The van der Waals surface area contributed by atoms with E-state index in [1.54, 1.807) is 0 Å². The number of fused-ring (bicyclic) bond motifs is 1. The number of nitrogens with zero attached hydrogens (tertiary/aromatic N) is 4. The second-order valence-electron chi connectivity index (χ2n) is 6.57. The summed E-state index contributed by atoms with van der Waals surface area (Å²) in [4.78, 5) is 18.6. The Balaban J connectivity index is 1.65. The van der Waals surface area contributed by atoms with Crippen molar-refractivity contribution in [2.75, 3.05) is 6.54 Å². The Morgan fingerprint density at radius 1 is 1.09 bits per heavy atom. The molecule has 2 heterocycles. The SMILES string of the molecule is Cc1nc(CN2CCCCC2=O)n(-c2ccc3c(c2)CCC3)n1. The number of benzene rings is 1. The van der Waals surface area contributed by atoms with Crippen LogP contribution >= 0.6 is 0 Å². The van der Waals surface area contributed by atoms with Crippen LogP contribution in [0.3, 0.4) is 0 Å². The predicted molar refractivity (Wildman–Crippen MR) is 87.4 cm³/mol. The number of aryl methyl sites for hydroxylation is 3. The molecule has 0 spiro atoms. The molecule has 1 aromatic carbocycles. The smallest absolute Gasteiger partial charge is 0.222 e. The van der Waals surface area contributed by atoms with Crippen molar-refractivity contribution in [2.45, 2.75) is 52.0 Å². The van der Waals surface area contributed by atoms with Gasteiger partial charge < -0.3 is 4.90 Å². The maximum atomic E-state index is 12.1. The Morgan fingerprint density at radius 3 is 2.83 bits per heavy atom. The molecule has 1 aliphatic carbocycles. The molecular weight excluding hydrogens is 288 g/mol. The molecule has 1 saturated heterocycles. The van der Waals surface area contributed by atoms with Crippen molar-refractivity contribution < 1.29 is 4.79 Å². The van der Waals surface area contributed by atoms with Gasteiger partial charge in [-0.2, -0.15) is 5.10 Å². The summed E-state index contributed by atoms with van der Waals surface area (Å²) in [5, 5.41) is 4.56. The quantitative estimate of drug-likeness (QED) is 0.875. The molecule has 5 nitrogen and oxygen atoms in total. The highest BCUT2D eigenvalue weighted by atomic mass is 16.2. The van der Waals surface area contributed by atoms with Crippen LogP contribution in [0.1, 0.15) is 48.5 Å². The lowest BCUT2D eigenvalue weighted by atomic mass is 10.1. The van der Waals surface area contributed by atoms with E-state index in [4.69, 9.17) is 0 Å². The van der Waals surface area contributed by atoms with E-state index in [1.165, 1.54) is 24.0 Å². The number of rotatable bonds is 3. The van der Waals surface area contributed by atoms with Crippen LogP contribution < -0.4 is 0 Å². The molecule has 0 unspecified atom stereocenters. The Hall–Kier alpha value is -2.17. The number of hydrogen-bond acceptors (Lipinski definition) is 3. The van der Waals surface area contributed by atoms with Gasteiger partial charge in [-0.25, -0.2) is 9.67 Å². The summed E-state index contributed by atoms with van der Waals surface area (Å²) < 4.78 is 1.91. The molecule has 23 heavy (non-hydrogen) atoms. The fourth-order valence-electron chi connectivity index (χ4n) is 3.66. The van der Waals surface area contributed by atoms with Crippen LogP contribution in [0.4, 0.5) is 0 Å². The highest BCUT2D eigenvalue weighted by Gasteiger charge is 2.21. The first-order chi connectivity index (χ1) is 11.2. The van der Waals surface area contributed by atoms with Crippen molar-refractivity contribution in [3.63, 3.8) is 0 Å². The topological polar surface area (TPSA) is 51.0 Å². The van der Waals surface area contributed by atoms with Crippen LogP contribution in [0.5, 0.6) is 0 Å². The van der Waals surface area contributed by atoms with E-state index in [2.05, 4.69) is 28.3 Å². The molecule has 1 fully saturated rings. The fraction of sp³-hybridized carbons (Fsp3) is 0.500. The standard InChI is InChI=1S/C18H22N4O/c1-13-19-17(12-21-10-3-2-7-18(21)23)22(20-13)16-9-8-14-5-4-6-15(14)11-16/h8-9,11H,2-7,10,12H2,1H3. The maximum absolute atomic E-state index is 12.1. The number of amides is 1. The van der Waals surface area contributed by atoms with Gasteiger partial charge in [0.05, 0.1) is 12.2 Å². The third-order valence-corrected chi connectivity index (χ3v) is 4.86. The molecule has 2 aromatic rings. The van der Waals surface area contributed by atoms with E-state index in [9.17, 15) is 4.79 Å². The average Bonchev–Trinajstić information content (AvgIpc) is 3.15. The molecule has 4 rings (SSSR count). The summed E-state index contributed by atoms with van der Waals surface area (Å²) in [5.74, 6) is 1.85. The lowest BCUT2D eigenvalue weighted by molar-refractivity contribution is -0.134. The zero-order valence-corrected chi connectivity index (χ0v) is 13.6. The summed E-state index contributed by atoms with van der Waals surface area (Å²) in [6.45, 7) is 3.29. The average molecular weight is 310 g/mol. The molecule has 120 valence electrons. The molecular formula is C18H22N4O. The fourth-order valence-corrected chi connectivity index (χ4v) is 3.66. The van der Waals surface area contributed by atoms with Crippen molar-refractivity contribution in [3.05, 3.63) is 41.0 Å². The molecule has 0 saturated carbocycles. The lowest BCUT2D eigenvalue weighted by Gasteiger charge is -2.26. The van der Waals surface area contributed by atoms with Gasteiger partial charge in [0, 0.05) is 13.0 Å². The Labute approximate surface area is 136 Å².